The third-order valence-electron chi connectivity index (χ3n) is 2.61. The molecule has 96 valence electrons. The van der Waals surface area contributed by atoms with E-state index in [1.54, 1.807) is 17.9 Å². The second-order valence-corrected chi connectivity index (χ2v) is 25.0. The molecule has 0 bridgehead atoms. The number of carbonyl (C=O) groups excluding carboxylic acids is 2. The SMILES string of the molecule is COC(=O)[C@@H]1C[S][Sn]2([NH]1)[NH][C@@H](C(=O)OC)C[S]2. The predicted molar refractivity (Wildman–Crippen MR) is 68.5 cm³/mol. The van der Waals surface area contributed by atoms with Crippen LogP contribution in [0.4, 0.5) is 0 Å². The van der Waals surface area contributed by atoms with Crippen molar-refractivity contribution in [3.63, 3.8) is 0 Å². The first kappa shape index (κ1) is 13.8. The number of esters is 2. The molecule has 2 rings (SSSR count). The van der Waals surface area contributed by atoms with E-state index in [0.29, 0.717) is 0 Å². The Balaban J connectivity index is 1.96. The molecule has 1 spiro atoms. The molecule has 2 N–H and O–H groups in total. The molecule has 0 aliphatic carbocycles. The molecule has 9 heteroatoms. The fourth-order valence-electron chi connectivity index (χ4n) is 1.73. The van der Waals surface area contributed by atoms with E-state index in [2.05, 4.69) is 7.08 Å². The number of methoxy groups -OCH3 is 2. The number of carbonyl (C=O) groups is 2. The van der Waals surface area contributed by atoms with Crippen LogP contribution in [0.1, 0.15) is 0 Å². The van der Waals surface area contributed by atoms with Gasteiger partial charge in [-0.1, -0.05) is 0 Å². The predicted octanol–water partition coefficient (Wildman–Crippen LogP) is -0.822. The van der Waals surface area contributed by atoms with Gasteiger partial charge in [0.15, 0.2) is 0 Å². The molecule has 2 aliphatic rings. The summed E-state index contributed by atoms with van der Waals surface area (Å²) in [4.78, 5) is 22.9. The quantitative estimate of drug-likeness (QED) is 0.472. The monoisotopic (exact) mass is 386 g/mol. The molecular weight excluding hydrogens is 371 g/mol. The number of rotatable bonds is 2. The molecule has 3 atom stereocenters. The molecule has 0 aromatic carbocycles. The van der Waals surface area contributed by atoms with Gasteiger partial charge in [-0.15, -0.1) is 0 Å². The summed E-state index contributed by atoms with van der Waals surface area (Å²) >= 11 is -2.81. The minimum absolute atomic E-state index is 0.227. The van der Waals surface area contributed by atoms with Crippen LogP contribution in [0.25, 0.3) is 0 Å². The number of hydrogen-bond donors (Lipinski definition) is 2. The van der Waals surface area contributed by atoms with Crippen LogP contribution in [0, 0.1) is 0 Å². The topological polar surface area (TPSA) is 76.7 Å². The first-order valence-corrected chi connectivity index (χ1v) is 16.9. The van der Waals surface area contributed by atoms with Crippen LogP contribution in [0.15, 0.2) is 0 Å². The summed E-state index contributed by atoms with van der Waals surface area (Å²) in [7, 11) is 6.34. The molecule has 2 heterocycles. The maximum atomic E-state index is 11.4. The minimum atomic E-state index is -2.81. The van der Waals surface area contributed by atoms with E-state index >= 15 is 0 Å². The van der Waals surface area contributed by atoms with Crippen LogP contribution in [0.2, 0.25) is 0 Å². The third kappa shape index (κ3) is 2.86. The van der Waals surface area contributed by atoms with Crippen molar-refractivity contribution in [2.24, 2.45) is 0 Å². The summed E-state index contributed by atoms with van der Waals surface area (Å²) in [5.41, 5.74) is 0. The fourth-order valence-corrected chi connectivity index (χ4v) is 27.0. The average Bonchev–Trinajstić information content (AvgIpc) is 2.96. The van der Waals surface area contributed by atoms with E-state index in [9.17, 15) is 9.59 Å². The zero-order valence-corrected chi connectivity index (χ0v) is 14.0. The molecule has 0 amide bonds. The number of nitrogens with one attached hydrogen (secondary N) is 2. The van der Waals surface area contributed by atoms with E-state index in [4.69, 9.17) is 9.47 Å². The van der Waals surface area contributed by atoms with E-state index < -0.39 is 16.2 Å². The van der Waals surface area contributed by atoms with Gasteiger partial charge in [0.25, 0.3) is 0 Å². The first-order valence-electron chi connectivity index (χ1n) is 5.09. The number of hydrogen-bond acceptors (Lipinski definition) is 8. The second kappa shape index (κ2) is 5.55. The Kier molecular flexibility index (Phi) is 4.50. The molecule has 0 saturated carbocycles. The van der Waals surface area contributed by atoms with E-state index in [1.807, 2.05) is 0 Å². The molecule has 2 fully saturated rings. The zero-order valence-electron chi connectivity index (χ0n) is 9.52. The Hall–Kier alpha value is 0.359. The van der Waals surface area contributed by atoms with Gasteiger partial charge in [-0.2, -0.15) is 0 Å². The number of ether oxygens (including phenoxy) is 2. The molecule has 2 aliphatic heterocycles. The summed E-state index contributed by atoms with van der Waals surface area (Å²) < 4.78 is 16.2. The summed E-state index contributed by atoms with van der Waals surface area (Å²) in [5.74, 6) is 0.984. The van der Waals surface area contributed by atoms with Gasteiger partial charge < -0.3 is 0 Å². The molecule has 6 nitrogen and oxygen atoms in total. The van der Waals surface area contributed by atoms with Crippen LogP contribution < -0.4 is 7.08 Å². The fraction of sp³-hybridized carbons (Fsp3) is 0.750. The van der Waals surface area contributed by atoms with E-state index in [1.165, 1.54) is 14.2 Å². The molecule has 2 saturated heterocycles. The van der Waals surface area contributed by atoms with Gasteiger partial charge in [-0.3, -0.25) is 0 Å². The Bertz CT molecular complexity index is 311. The standard InChI is InChI=1S/2C4H8NO2S.Sn/c2*1-7-4(6)3(5)2-8;/h2*3,5,8H,2H2,1H3;/q2*-1;+4/p-2/t2*3-;/m10./s1. The van der Waals surface area contributed by atoms with Crippen molar-refractivity contribution in [2.45, 2.75) is 12.1 Å². The van der Waals surface area contributed by atoms with Gasteiger partial charge >= 0.3 is 110 Å². The average molecular weight is 385 g/mol. The summed E-state index contributed by atoms with van der Waals surface area (Å²) in [6, 6.07) is -0.477. The molecule has 1 unspecified atom stereocenters. The van der Waals surface area contributed by atoms with Gasteiger partial charge in [-0.05, 0) is 0 Å². The zero-order chi connectivity index (χ0) is 12.5. The van der Waals surface area contributed by atoms with Crippen molar-refractivity contribution < 1.29 is 19.1 Å². The van der Waals surface area contributed by atoms with Gasteiger partial charge in [0, 0.05) is 0 Å². The molecule has 0 aromatic rings. The second-order valence-electron chi connectivity index (χ2n) is 3.68. The van der Waals surface area contributed by atoms with E-state index in [0.717, 1.165) is 11.5 Å². The Morgan fingerprint density at radius 1 is 1.06 bits per heavy atom. The first-order chi connectivity index (χ1) is 8.10. The van der Waals surface area contributed by atoms with Crippen LogP contribution in [-0.4, -0.2) is 65.9 Å². The molecule has 0 radical (unpaired) electrons. The van der Waals surface area contributed by atoms with Crippen molar-refractivity contribution in [3.8, 4) is 0 Å². The van der Waals surface area contributed by atoms with Crippen LogP contribution in [0.5, 0.6) is 0 Å². The van der Waals surface area contributed by atoms with Crippen LogP contribution >= 0.6 is 17.9 Å². The van der Waals surface area contributed by atoms with Crippen LogP contribution in [0.3, 0.4) is 0 Å². The molecule has 17 heavy (non-hydrogen) atoms. The van der Waals surface area contributed by atoms with Gasteiger partial charge in [0.1, 0.15) is 0 Å². The van der Waals surface area contributed by atoms with Crippen molar-refractivity contribution in [3.05, 3.63) is 0 Å². The van der Waals surface area contributed by atoms with Crippen molar-refractivity contribution >= 4 is 46.0 Å². The summed E-state index contributed by atoms with van der Waals surface area (Å²) in [6.45, 7) is 0. The van der Waals surface area contributed by atoms with Gasteiger partial charge in [-0.25, -0.2) is 0 Å². The van der Waals surface area contributed by atoms with Crippen LogP contribution in [-0.2, 0) is 19.1 Å². The molecular formula is C8H14N2O4S2Sn. The Morgan fingerprint density at radius 2 is 1.47 bits per heavy atom. The van der Waals surface area contributed by atoms with Gasteiger partial charge in [0.05, 0.1) is 0 Å². The summed E-state index contributed by atoms with van der Waals surface area (Å²) in [5, 5.41) is 0. The third-order valence-corrected chi connectivity index (χ3v) is 26.3. The van der Waals surface area contributed by atoms with Crippen molar-refractivity contribution in [1.29, 1.82) is 0 Å². The normalized spacial score (nSPS) is 36.1. The Morgan fingerprint density at radius 3 is 1.82 bits per heavy atom. The van der Waals surface area contributed by atoms with E-state index in [-0.39, 0.29) is 24.0 Å². The van der Waals surface area contributed by atoms with Crippen molar-refractivity contribution in [2.75, 3.05) is 25.7 Å². The summed E-state index contributed by atoms with van der Waals surface area (Å²) in [6.07, 6.45) is 0. The molecule has 0 aromatic heterocycles. The Labute approximate surface area is 109 Å². The van der Waals surface area contributed by atoms with Gasteiger partial charge in [0.2, 0.25) is 0 Å². The maximum absolute atomic E-state index is 11.4. The van der Waals surface area contributed by atoms with Crippen molar-refractivity contribution in [1.82, 2.24) is 7.08 Å².